The molecule has 3 aromatic carbocycles. The van der Waals surface area contributed by atoms with Gasteiger partial charge in [0.1, 0.15) is 24.0 Å². The average Bonchev–Trinajstić information content (AvgIpc) is 3.49. The Balaban J connectivity index is 1.05. The van der Waals surface area contributed by atoms with Gasteiger partial charge in [-0.05, 0) is 148 Å². The van der Waals surface area contributed by atoms with E-state index in [1.165, 1.54) is 23.8 Å². The predicted molar refractivity (Wildman–Crippen MR) is 227 cm³/mol. The second-order valence-electron chi connectivity index (χ2n) is 17.3. The molecule has 1 aromatic heterocycles. The molecule has 0 bridgehead atoms. The number of fused-ring (bicyclic) bond motifs is 4. The third kappa shape index (κ3) is 8.53. The van der Waals surface area contributed by atoms with E-state index in [4.69, 9.17) is 34.7 Å². The van der Waals surface area contributed by atoms with Crippen LogP contribution in [0.5, 0.6) is 17.2 Å². The fourth-order valence-electron chi connectivity index (χ4n) is 10.1. The summed E-state index contributed by atoms with van der Waals surface area (Å²) in [5, 5.41) is 4.15. The first-order chi connectivity index (χ1) is 28.4. The number of halogens is 1. The summed E-state index contributed by atoms with van der Waals surface area (Å²) < 4.78 is 56.8. The summed E-state index contributed by atoms with van der Waals surface area (Å²) in [5.41, 5.74) is 5.41. The standard InChI is InChI=1S/C47H55ClN2O8S/c1-30-11-13-38(14-12-30)59(52,53)58-37-16-22-55-43-27-39-33(25-42(43)57-29-37)24-34(23-31(2)28-56-41-15-21-49-40-10-5-7-32(3)44(40)41)46(39)17-19-47(20-18-46,45(51)54-4)50-36-9-6-8-35(48)26-36/h6,8-9,11-15,21,25-27,31-32,34,37,50H,5,7,10,16-20,22-24,28-29H2,1-4H3/t31-,32-,34+,37+,46?,47?/m1/s1. The first kappa shape index (κ1) is 41.4. The third-order valence-electron chi connectivity index (χ3n) is 13.2. The van der Waals surface area contributed by atoms with E-state index in [2.05, 4.69) is 36.3 Å². The Morgan fingerprint density at radius 1 is 1.02 bits per heavy atom. The summed E-state index contributed by atoms with van der Waals surface area (Å²) in [6, 6.07) is 20.3. The number of benzene rings is 3. The minimum Gasteiger partial charge on any atom is -0.493 e. The van der Waals surface area contributed by atoms with Crippen molar-refractivity contribution in [3.63, 3.8) is 0 Å². The average molecular weight is 843 g/mol. The molecule has 59 heavy (non-hydrogen) atoms. The second-order valence-corrected chi connectivity index (χ2v) is 19.3. The number of aromatic nitrogens is 1. The summed E-state index contributed by atoms with van der Waals surface area (Å²) >= 11 is 6.37. The number of nitrogens with zero attached hydrogens (tertiary/aromatic N) is 1. The minimum absolute atomic E-state index is 0.0668. The Hall–Kier alpha value is -4.32. The summed E-state index contributed by atoms with van der Waals surface area (Å²) in [6.45, 7) is 7.36. The molecule has 2 heterocycles. The molecular weight excluding hydrogens is 788 g/mol. The number of rotatable bonds is 11. The highest BCUT2D eigenvalue weighted by atomic mass is 35.5. The largest absolute Gasteiger partial charge is 0.493 e. The molecule has 8 rings (SSSR count). The molecule has 4 aromatic rings. The van der Waals surface area contributed by atoms with Crippen molar-refractivity contribution in [2.24, 2.45) is 11.8 Å². The van der Waals surface area contributed by atoms with Gasteiger partial charge < -0.3 is 24.3 Å². The number of carbonyl (C=O) groups is 1. The van der Waals surface area contributed by atoms with Crippen LogP contribution in [0.3, 0.4) is 0 Å². The van der Waals surface area contributed by atoms with Gasteiger partial charge in [-0.1, -0.05) is 49.2 Å². The Bertz CT molecular complexity index is 2270. The smallest absolute Gasteiger partial charge is 0.331 e. The lowest BCUT2D eigenvalue weighted by molar-refractivity contribution is -0.148. The van der Waals surface area contributed by atoms with Crippen molar-refractivity contribution < 1.29 is 36.3 Å². The lowest BCUT2D eigenvalue weighted by atomic mass is 9.59. The van der Waals surface area contributed by atoms with Crippen LogP contribution in [0.1, 0.15) is 99.1 Å². The molecule has 314 valence electrons. The molecule has 0 radical (unpaired) electrons. The lowest BCUT2D eigenvalue weighted by Crippen LogP contribution is -2.53. The van der Waals surface area contributed by atoms with Gasteiger partial charge in [-0.15, -0.1) is 0 Å². The van der Waals surface area contributed by atoms with Gasteiger partial charge in [0.15, 0.2) is 11.5 Å². The SMILES string of the molecule is COC(=O)C1(Nc2cccc(Cl)c2)CCC2(CC1)c1cc3c(cc1C[C@@H]2C[C@@H](C)COc1ccnc2c1[C@H](C)CCC2)OC[C@@H](OS(=O)(=O)c1ccc(C)cc1)CCO3. The maximum atomic E-state index is 13.7. The number of anilines is 1. The van der Waals surface area contributed by atoms with Crippen LogP contribution in [0.15, 0.2) is 77.8 Å². The van der Waals surface area contributed by atoms with Gasteiger partial charge in [-0.3, -0.25) is 9.17 Å². The summed E-state index contributed by atoms with van der Waals surface area (Å²) in [4.78, 5) is 18.5. The first-order valence-electron chi connectivity index (χ1n) is 21.0. The third-order valence-corrected chi connectivity index (χ3v) is 14.8. The van der Waals surface area contributed by atoms with Crippen LogP contribution in [-0.4, -0.2) is 57.9 Å². The van der Waals surface area contributed by atoms with E-state index in [-0.39, 0.29) is 41.3 Å². The summed E-state index contributed by atoms with van der Waals surface area (Å²) in [7, 11) is -2.54. The molecule has 3 aliphatic carbocycles. The zero-order valence-electron chi connectivity index (χ0n) is 34.4. The van der Waals surface area contributed by atoms with Crippen LogP contribution in [-0.2, 0) is 42.1 Å². The number of carbonyl (C=O) groups excluding carboxylic acids is 1. The van der Waals surface area contributed by atoms with Crippen molar-refractivity contribution in [1.82, 2.24) is 4.98 Å². The molecule has 1 aliphatic heterocycles. The Kier molecular flexibility index (Phi) is 11.9. The van der Waals surface area contributed by atoms with E-state index in [1.807, 2.05) is 43.5 Å². The topological polar surface area (TPSA) is 122 Å². The van der Waals surface area contributed by atoms with E-state index in [9.17, 15) is 13.2 Å². The number of aryl methyl sites for hydroxylation is 2. The number of esters is 1. The Labute approximate surface area is 353 Å². The molecular formula is C47H55ClN2O8S. The monoisotopic (exact) mass is 842 g/mol. The van der Waals surface area contributed by atoms with Crippen molar-refractivity contribution in [2.45, 2.75) is 113 Å². The summed E-state index contributed by atoms with van der Waals surface area (Å²) in [6.07, 6.45) is 9.17. The number of pyridine rings is 1. The zero-order valence-corrected chi connectivity index (χ0v) is 36.0. The van der Waals surface area contributed by atoms with Gasteiger partial charge in [0, 0.05) is 34.6 Å². The number of nitrogens with one attached hydrogen (secondary N) is 1. The van der Waals surface area contributed by atoms with E-state index in [1.54, 1.807) is 24.3 Å². The van der Waals surface area contributed by atoms with Gasteiger partial charge in [0.25, 0.3) is 10.1 Å². The Morgan fingerprint density at radius 3 is 2.56 bits per heavy atom. The van der Waals surface area contributed by atoms with Crippen molar-refractivity contribution in [1.29, 1.82) is 0 Å². The van der Waals surface area contributed by atoms with Gasteiger partial charge >= 0.3 is 5.97 Å². The van der Waals surface area contributed by atoms with E-state index >= 15 is 0 Å². The lowest BCUT2D eigenvalue weighted by Gasteiger charge is -2.48. The quantitative estimate of drug-likeness (QED) is 0.115. The highest BCUT2D eigenvalue weighted by Gasteiger charge is 2.55. The molecule has 1 spiro atoms. The maximum Gasteiger partial charge on any atom is 0.331 e. The highest BCUT2D eigenvalue weighted by molar-refractivity contribution is 7.86. The van der Waals surface area contributed by atoms with Crippen LogP contribution in [0.2, 0.25) is 5.02 Å². The highest BCUT2D eigenvalue weighted by Crippen LogP contribution is 2.58. The second kappa shape index (κ2) is 17.0. The number of methoxy groups -OCH3 is 1. The van der Waals surface area contributed by atoms with Gasteiger partial charge in [-0.25, -0.2) is 4.79 Å². The number of hydrogen-bond acceptors (Lipinski definition) is 10. The molecule has 4 aliphatic rings. The van der Waals surface area contributed by atoms with Crippen molar-refractivity contribution >= 4 is 33.4 Å². The molecule has 0 amide bonds. The van der Waals surface area contributed by atoms with E-state index in [0.29, 0.717) is 48.3 Å². The number of ether oxygens (including phenoxy) is 4. The van der Waals surface area contributed by atoms with Crippen LogP contribution < -0.4 is 19.5 Å². The molecule has 10 nitrogen and oxygen atoms in total. The van der Waals surface area contributed by atoms with Crippen LogP contribution in [0.4, 0.5) is 5.69 Å². The minimum atomic E-state index is -3.99. The van der Waals surface area contributed by atoms with Crippen LogP contribution in [0.25, 0.3) is 0 Å². The van der Waals surface area contributed by atoms with Crippen LogP contribution in [0, 0.1) is 18.8 Å². The van der Waals surface area contributed by atoms with Gasteiger partial charge in [-0.2, -0.15) is 8.42 Å². The first-order valence-corrected chi connectivity index (χ1v) is 22.8. The molecule has 1 saturated carbocycles. The van der Waals surface area contributed by atoms with E-state index < -0.39 is 21.8 Å². The fraction of sp³-hybridized carbons (Fsp3) is 0.489. The van der Waals surface area contributed by atoms with Crippen molar-refractivity contribution in [3.8, 4) is 17.2 Å². The maximum absolute atomic E-state index is 13.7. The normalized spacial score (nSPS) is 25.5. The molecule has 12 heteroatoms. The zero-order chi connectivity index (χ0) is 41.4. The molecule has 1 N–H and O–H groups in total. The van der Waals surface area contributed by atoms with Gasteiger partial charge in [0.2, 0.25) is 0 Å². The Morgan fingerprint density at radius 2 is 1.80 bits per heavy atom. The fourth-order valence-corrected chi connectivity index (χ4v) is 11.4. The van der Waals surface area contributed by atoms with Gasteiger partial charge in [0.05, 0.1) is 25.2 Å². The molecule has 0 unspecified atom stereocenters. The predicted octanol–water partition coefficient (Wildman–Crippen LogP) is 9.53. The number of hydrogen-bond donors (Lipinski definition) is 1. The van der Waals surface area contributed by atoms with Crippen molar-refractivity contribution in [2.75, 3.05) is 32.2 Å². The molecule has 1 fully saturated rings. The summed E-state index contributed by atoms with van der Waals surface area (Å²) in [5.74, 6) is 2.81. The molecule has 4 atom stereocenters. The van der Waals surface area contributed by atoms with Crippen LogP contribution >= 0.6 is 11.6 Å². The van der Waals surface area contributed by atoms with E-state index in [0.717, 1.165) is 67.6 Å². The van der Waals surface area contributed by atoms with Crippen molar-refractivity contribution in [3.05, 3.63) is 106 Å². The molecule has 0 saturated heterocycles.